The van der Waals surface area contributed by atoms with E-state index in [2.05, 4.69) is 20.0 Å². The predicted molar refractivity (Wildman–Crippen MR) is 83.6 cm³/mol. The van der Waals surface area contributed by atoms with Crippen LogP contribution in [0.2, 0.25) is 0 Å². The second kappa shape index (κ2) is 5.58. The van der Waals surface area contributed by atoms with Crippen LogP contribution in [-0.2, 0) is 11.8 Å². The van der Waals surface area contributed by atoms with Gasteiger partial charge in [0, 0.05) is 20.1 Å². The van der Waals surface area contributed by atoms with E-state index in [1.807, 2.05) is 7.05 Å². The summed E-state index contributed by atoms with van der Waals surface area (Å²) in [6.45, 7) is 2.00. The molecule has 1 saturated heterocycles. The molecule has 118 valence electrons. The van der Waals surface area contributed by atoms with E-state index in [9.17, 15) is 4.39 Å². The Morgan fingerprint density at radius 2 is 2.04 bits per heavy atom. The minimum atomic E-state index is -0.241. The molecule has 23 heavy (non-hydrogen) atoms. The number of hydrogen-bond donors (Lipinski definition) is 0. The molecular weight excluding hydrogens is 297 g/mol. The van der Waals surface area contributed by atoms with Crippen LogP contribution in [0.25, 0.3) is 11.0 Å². The van der Waals surface area contributed by atoms with Gasteiger partial charge >= 0.3 is 0 Å². The Hall–Kier alpha value is -2.54. The second-order valence-electron chi connectivity index (χ2n) is 5.56. The highest BCUT2D eigenvalue weighted by molar-refractivity contribution is 5.86. The van der Waals surface area contributed by atoms with Crippen LogP contribution in [0.1, 0.15) is 11.7 Å². The Balaban J connectivity index is 1.65. The SMILES string of the molecule is Cn1ncc2c(N3CCO[C@@H](c4ccc(F)cc4)C3)ncnc21. The van der Waals surface area contributed by atoms with Crippen molar-refractivity contribution in [3.05, 3.63) is 48.2 Å². The number of nitrogens with zero attached hydrogens (tertiary/aromatic N) is 5. The van der Waals surface area contributed by atoms with Crippen molar-refractivity contribution in [1.82, 2.24) is 19.7 Å². The van der Waals surface area contributed by atoms with Crippen molar-refractivity contribution in [2.45, 2.75) is 6.10 Å². The first-order valence-corrected chi connectivity index (χ1v) is 7.47. The number of aryl methyl sites for hydroxylation is 1. The summed E-state index contributed by atoms with van der Waals surface area (Å²) < 4.78 is 20.7. The molecule has 0 aliphatic carbocycles. The number of morpholine rings is 1. The predicted octanol–water partition coefficient (Wildman–Crippen LogP) is 2.08. The van der Waals surface area contributed by atoms with Crippen LogP contribution in [0, 0.1) is 5.82 Å². The molecule has 4 rings (SSSR count). The van der Waals surface area contributed by atoms with Crippen LogP contribution in [0.15, 0.2) is 36.8 Å². The van der Waals surface area contributed by atoms with Crippen molar-refractivity contribution in [2.75, 3.05) is 24.6 Å². The van der Waals surface area contributed by atoms with Gasteiger partial charge in [-0.25, -0.2) is 14.4 Å². The normalized spacial score (nSPS) is 18.5. The molecule has 0 spiro atoms. The van der Waals surface area contributed by atoms with Crippen LogP contribution in [0.4, 0.5) is 10.2 Å². The minimum Gasteiger partial charge on any atom is -0.370 e. The topological polar surface area (TPSA) is 56.1 Å². The molecule has 0 amide bonds. The quantitative estimate of drug-likeness (QED) is 0.725. The molecule has 0 bridgehead atoms. The molecule has 6 nitrogen and oxygen atoms in total. The third kappa shape index (κ3) is 2.53. The van der Waals surface area contributed by atoms with E-state index < -0.39 is 0 Å². The summed E-state index contributed by atoms with van der Waals surface area (Å²) >= 11 is 0. The molecule has 1 fully saturated rings. The van der Waals surface area contributed by atoms with Crippen molar-refractivity contribution < 1.29 is 9.13 Å². The number of aromatic nitrogens is 4. The average Bonchev–Trinajstić information content (AvgIpc) is 2.97. The fourth-order valence-electron chi connectivity index (χ4n) is 2.92. The fourth-order valence-corrected chi connectivity index (χ4v) is 2.92. The lowest BCUT2D eigenvalue weighted by molar-refractivity contribution is 0.0396. The van der Waals surface area contributed by atoms with Crippen molar-refractivity contribution in [3.63, 3.8) is 0 Å². The molecule has 2 aromatic heterocycles. The van der Waals surface area contributed by atoms with Gasteiger partial charge in [-0.15, -0.1) is 0 Å². The van der Waals surface area contributed by atoms with Gasteiger partial charge in [0.2, 0.25) is 0 Å². The average molecular weight is 313 g/mol. The summed E-state index contributed by atoms with van der Waals surface area (Å²) in [6.07, 6.45) is 3.24. The Bertz CT molecular complexity index is 832. The van der Waals surface area contributed by atoms with E-state index >= 15 is 0 Å². The number of benzene rings is 1. The Morgan fingerprint density at radius 3 is 2.87 bits per heavy atom. The first-order valence-electron chi connectivity index (χ1n) is 7.47. The minimum absolute atomic E-state index is 0.106. The van der Waals surface area contributed by atoms with Gasteiger partial charge in [0.1, 0.15) is 24.1 Å². The summed E-state index contributed by atoms with van der Waals surface area (Å²) in [4.78, 5) is 10.9. The van der Waals surface area contributed by atoms with E-state index in [1.165, 1.54) is 12.1 Å². The molecule has 7 heteroatoms. The molecule has 1 atom stereocenters. The number of anilines is 1. The summed E-state index contributed by atoms with van der Waals surface area (Å²) in [5.41, 5.74) is 1.77. The summed E-state index contributed by atoms with van der Waals surface area (Å²) in [6, 6.07) is 6.45. The first-order chi connectivity index (χ1) is 11.2. The zero-order chi connectivity index (χ0) is 15.8. The van der Waals surface area contributed by atoms with Gasteiger partial charge in [-0.05, 0) is 17.7 Å². The molecule has 1 aromatic carbocycles. The zero-order valence-electron chi connectivity index (χ0n) is 12.7. The van der Waals surface area contributed by atoms with Gasteiger partial charge in [-0.1, -0.05) is 12.1 Å². The number of halogens is 1. The van der Waals surface area contributed by atoms with Crippen LogP contribution in [0.3, 0.4) is 0 Å². The van der Waals surface area contributed by atoms with Gasteiger partial charge in [-0.3, -0.25) is 4.68 Å². The smallest absolute Gasteiger partial charge is 0.163 e. The van der Waals surface area contributed by atoms with Crippen molar-refractivity contribution in [3.8, 4) is 0 Å². The van der Waals surface area contributed by atoms with Crippen molar-refractivity contribution in [2.24, 2.45) is 7.05 Å². The lowest BCUT2D eigenvalue weighted by atomic mass is 10.1. The number of fused-ring (bicyclic) bond motifs is 1. The lowest BCUT2D eigenvalue weighted by Gasteiger charge is -2.34. The molecule has 1 aliphatic heterocycles. The maximum absolute atomic E-state index is 13.1. The van der Waals surface area contributed by atoms with Gasteiger partial charge in [0.05, 0.1) is 18.2 Å². The third-order valence-corrected chi connectivity index (χ3v) is 4.12. The number of hydrogen-bond acceptors (Lipinski definition) is 5. The Kier molecular flexibility index (Phi) is 3.42. The first kappa shape index (κ1) is 14.1. The highest BCUT2D eigenvalue weighted by Crippen LogP contribution is 2.28. The van der Waals surface area contributed by atoms with Crippen molar-refractivity contribution >= 4 is 16.9 Å². The van der Waals surface area contributed by atoms with Gasteiger partial charge < -0.3 is 9.64 Å². The fraction of sp³-hybridized carbons (Fsp3) is 0.312. The Morgan fingerprint density at radius 1 is 1.22 bits per heavy atom. The number of ether oxygens (including phenoxy) is 1. The molecule has 3 aromatic rings. The van der Waals surface area contributed by atoms with Crippen LogP contribution in [-0.4, -0.2) is 39.4 Å². The molecule has 1 aliphatic rings. The van der Waals surface area contributed by atoms with Gasteiger partial charge in [0.15, 0.2) is 5.65 Å². The largest absolute Gasteiger partial charge is 0.370 e. The Labute approximate surface area is 132 Å². The van der Waals surface area contributed by atoms with Gasteiger partial charge in [-0.2, -0.15) is 5.10 Å². The molecule has 3 heterocycles. The second-order valence-corrected chi connectivity index (χ2v) is 5.56. The highest BCUT2D eigenvalue weighted by Gasteiger charge is 2.25. The van der Waals surface area contributed by atoms with E-state index in [0.717, 1.165) is 29.0 Å². The summed E-state index contributed by atoms with van der Waals surface area (Å²) in [5, 5.41) is 5.18. The van der Waals surface area contributed by atoms with E-state index in [-0.39, 0.29) is 11.9 Å². The molecular formula is C16H16FN5O. The third-order valence-electron chi connectivity index (χ3n) is 4.12. The molecule has 0 saturated carbocycles. The van der Waals surface area contributed by atoms with Crippen LogP contribution in [0.5, 0.6) is 0 Å². The summed E-state index contributed by atoms with van der Waals surface area (Å²) in [7, 11) is 1.86. The molecule has 0 N–H and O–H groups in total. The highest BCUT2D eigenvalue weighted by atomic mass is 19.1. The standard InChI is InChI=1S/C16H16FN5O/c1-21-15-13(8-20-21)16(19-10-18-15)22-6-7-23-14(9-22)11-2-4-12(17)5-3-11/h2-5,8,10,14H,6-7,9H2,1H3/t14-/m1/s1. The summed E-state index contributed by atoms with van der Waals surface area (Å²) in [5.74, 6) is 0.618. The monoisotopic (exact) mass is 313 g/mol. The van der Waals surface area contributed by atoms with Crippen molar-refractivity contribution in [1.29, 1.82) is 0 Å². The van der Waals surface area contributed by atoms with E-state index in [0.29, 0.717) is 13.2 Å². The van der Waals surface area contributed by atoms with Gasteiger partial charge in [0.25, 0.3) is 0 Å². The molecule has 0 unspecified atom stereocenters. The zero-order valence-corrected chi connectivity index (χ0v) is 12.7. The van der Waals surface area contributed by atoms with E-state index in [4.69, 9.17) is 4.74 Å². The lowest BCUT2D eigenvalue weighted by Crippen LogP contribution is -2.39. The van der Waals surface area contributed by atoms with E-state index in [1.54, 1.807) is 29.3 Å². The number of rotatable bonds is 2. The maximum Gasteiger partial charge on any atom is 0.163 e. The van der Waals surface area contributed by atoms with Crippen LogP contribution >= 0.6 is 0 Å². The molecule has 0 radical (unpaired) electrons. The van der Waals surface area contributed by atoms with Crippen LogP contribution < -0.4 is 4.90 Å². The maximum atomic E-state index is 13.1.